The Morgan fingerprint density at radius 3 is 2.63 bits per heavy atom. The number of fused-ring (bicyclic) bond motifs is 2. The van der Waals surface area contributed by atoms with E-state index >= 15 is 0 Å². The van der Waals surface area contributed by atoms with E-state index in [1.54, 1.807) is 18.2 Å². The van der Waals surface area contributed by atoms with Crippen molar-refractivity contribution in [2.75, 3.05) is 13.2 Å². The van der Waals surface area contributed by atoms with Gasteiger partial charge in [0.15, 0.2) is 11.5 Å². The number of halogens is 1. The predicted octanol–water partition coefficient (Wildman–Crippen LogP) is 5.06. The van der Waals surface area contributed by atoms with Crippen molar-refractivity contribution < 1.29 is 18.6 Å². The molecular weight excluding hydrogens is 367 g/mol. The maximum Gasteiger partial charge on any atom is 0.231 e. The molecule has 0 unspecified atom stereocenters. The highest BCUT2D eigenvalue weighted by molar-refractivity contribution is 7.17. The van der Waals surface area contributed by atoms with Gasteiger partial charge in [-0.25, -0.2) is 14.4 Å². The SMILES string of the molecule is Fc1ccc(-c2csc3ncnc(Oc4ccc5c(c4)OCCO5)c23)cc1. The van der Waals surface area contributed by atoms with Gasteiger partial charge in [-0.3, -0.25) is 0 Å². The number of benzene rings is 2. The highest BCUT2D eigenvalue weighted by Gasteiger charge is 2.17. The lowest BCUT2D eigenvalue weighted by Gasteiger charge is -2.18. The zero-order chi connectivity index (χ0) is 18.2. The Balaban J connectivity index is 1.57. The lowest BCUT2D eigenvalue weighted by Crippen LogP contribution is -2.15. The van der Waals surface area contributed by atoms with E-state index in [1.807, 2.05) is 17.5 Å². The van der Waals surface area contributed by atoms with Crippen LogP contribution in [0.15, 0.2) is 54.2 Å². The smallest absolute Gasteiger partial charge is 0.231 e. The van der Waals surface area contributed by atoms with E-state index in [1.165, 1.54) is 29.8 Å². The van der Waals surface area contributed by atoms with Crippen molar-refractivity contribution in [2.45, 2.75) is 0 Å². The number of hydrogen-bond donors (Lipinski definition) is 0. The summed E-state index contributed by atoms with van der Waals surface area (Å²) in [4.78, 5) is 9.45. The highest BCUT2D eigenvalue weighted by Crippen LogP contribution is 2.40. The van der Waals surface area contributed by atoms with Crippen LogP contribution in [0.25, 0.3) is 21.3 Å². The second kappa shape index (κ2) is 6.51. The number of ether oxygens (including phenoxy) is 3. The molecular formula is C20H13FN2O3S. The molecule has 0 fully saturated rings. The molecule has 0 saturated heterocycles. The van der Waals surface area contributed by atoms with Gasteiger partial charge < -0.3 is 14.2 Å². The van der Waals surface area contributed by atoms with Gasteiger partial charge in [0.05, 0.1) is 5.39 Å². The fourth-order valence-corrected chi connectivity index (χ4v) is 3.87. The molecule has 4 aromatic rings. The minimum atomic E-state index is -0.276. The summed E-state index contributed by atoms with van der Waals surface area (Å²) in [6, 6.07) is 11.7. The van der Waals surface area contributed by atoms with Crippen LogP contribution >= 0.6 is 11.3 Å². The molecule has 0 saturated carbocycles. The fourth-order valence-electron chi connectivity index (χ4n) is 2.97. The standard InChI is InChI=1S/C20H13FN2O3S/c21-13-3-1-12(2-4-13)15-10-27-20-18(15)19(22-11-23-20)26-14-5-6-16-17(9-14)25-8-7-24-16/h1-6,9-11H,7-8H2. The largest absolute Gasteiger partial charge is 0.486 e. The summed E-state index contributed by atoms with van der Waals surface area (Å²) in [5, 5.41) is 2.77. The van der Waals surface area contributed by atoms with Gasteiger partial charge in [0, 0.05) is 17.0 Å². The number of aromatic nitrogens is 2. The Morgan fingerprint density at radius 2 is 1.78 bits per heavy atom. The zero-order valence-electron chi connectivity index (χ0n) is 14.0. The molecule has 0 N–H and O–H groups in total. The Kier molecular flexibility index (Phi) is 3.86. The van der Waals surface area contributed by atoms with Crippen LogP contribution in [0.2, 0.25) is 0 Å². The highest BCUT2D eigenvalue weighted by atomic mass is 32.1. The maximum absolute atomic E-state index is 13.3. The van der Waals surface area contributed by atoms with E-state index in [9.17, 15) is 4.39 Å². The lowest BCUT2D eigenvalue weighted by molar-refractivity contribution is 0.171. The molecule has 134 valence electrons. The first-order valence-corrected chi connectivity index (χ1v) is 9.21. The van der Waals surface area contributed by atoms with E-state index in [0.717, 1.165) is 21.3 Å². The van der Waals surface area contributed by atoms with Crippen molar-refractivity contribution in [3.8, 4) is 34.3 Å². The lowest BCUT2D eigenvalue weighted by atomic mass is 10.1. The normalized spacial score (nSPS) is 12.9. The quantitative estimate of drug-likeness (QED) is 0.497. The van der Waals surface area contributed by atoms with Crippen LogP contribution in [0, 0.1) is 5.82 Å². The van der Waals surface area contributed by atoms with E-state index in [-0.39, 0.29) is 5.82 Å². The van der Waals surface area contributed by atoms with Crippen molar-refractivity contribution in [1.29, 1.82) is 0 Å². The number of hydrogen-bond acceptors (Lipinski definition) is 6. The van der Waals surface area contributed by atoms with Gasteiger partial charge in [-0.15, -0.1) is 11.3 Å². The third-order valence-corrected chi connectivity index (χ3v) is 5.11. The van der Waals surface area contributed by atoms with Gasteiger partial charge >= 0.3 is 0 Å². The average Bonchev–Trinajstić information content (AvgIpc) is 3.14. The molecule has 2 aromatic heterocycles. The molecule has 1 aliphatic rings. The van der Waals surface area contributed by atoms with E-state index < -0.39 is 0 Å². The van der Waals surface area contributed by atoms with Gasteiger partial charge in [-0.2, -0.15) is 0 Å². The molecule has 7 heteroatoms. The van der Waals surface area contributed by atoms with Gasteiger partial charge in [0.1, 0.15) is 35.9 Å². The molecule has 0 aliphatic carbocycles. The second-order valence-corrected chi connectivity index (χ2v) is 6.78. The molecule has 3 heterocycles. The van der Waals surface area contributed by atoms with E-state index in [2.05, 4.69) is 9.97 Å². The molecule has 5 nitrogen and oxygen atoms in total. The van der Waals surface area contributed by atoms with Crippen molar-refractivity contribution >= 4 is 21.6 Å². The van der Waals surface area contributed by atoms with E-state index in [4.69, 9.17) is 14.2 Å². The number of rotatable bonds is 3. The Hall–Kier alpha value is -3.19. The van der Waals surface area contributed by atoms with Gasteiger partial charge in [-0.1, -0.05) is 12.1 Å². The van der Waals surface area contributed by atoms with Crippen LogP contribution in [0.3, 0.4) is 0 Å². The fraction of sp³-hybridized carbons (Fsp3) is 0.100. The van der Waals surface area contributed by atoms with Gasteiger partial charge in [0.2, 0.25) is 5.88 Å². The summed E-state index contributed by atoms with van der Waals surface area (Å²) >= 11 is 1.49. The first-order valence-electron chi connectivity index (χ1n) is 8.33. The molecule has 0 bridgehead atoms. The van der Waals surface area contributed by atoms with Crippen LogP contribution in [0.1, 0.15) is 0 Å². The van der Waals surface area contributed by atoms with Gasteiger partial charge in [-0.05, 0) is 29.8 Å². The topological polar surface area (TPSA) is 53.5 Å². The summed E-state index contributed by atoms with van der Waals surface area (Å²) in [6.07, 6.45) is 1.47. The minimum Gasteiger partial charge on any atom is -0.486 e. The molecule has 5 rings (SSSR count). The van der Waals surface area contributed by atoms with E-state index in [0.29, 0.717) is 36.3 Å². The molecule has 2 aromatic carbocycles. The summed E-state index contributed by atoms with van der Waals surface area (Å²) in [6.45, 7) is 1.04. The zero-order valence-corrected chi connectivity index (χ0v) is 14.8. The first kappa shape index (κ1) is 16.0. The molecule has 27 heavy (non-hydrogen) atoms. The second-order valence-electron chi connectivity index (χ2n) is 5.92. The van der Waals surface area contributed by atoms with Crippen molar-refractivity contribution in [3.05, 3.63) is 60.0 Å². The molecule has 0 spiro atoms. The van der Waals surface area contributed by atoms with Crippen LogP contribution in [0.5, 0.6) is 23.1 Å². The summed E-state index contributed by atoms with van der Waals surface area (Å²) in [7, 11) is 0. The third kappa shape index (κ3) is 2.96. The van der Waals surface area contributed by atoms with Crippen LogP contribution in [0.4, 0.5) is 4.39 Å². The van der Waals surface area contributed by atoms with Crippen molar-refractivity contribution in [3.63, 3.8) is 0 Å². The molecule has 0 radical (unpaired) electrons. The molecule has 0 atom stereocenters. The van der Waals surface area contributed by atoms with Crippen LogP contribution in [-0.2, 0) is 0 Å². The molecule has 1 aliphatic heterocycles. The Labute approximate surface area is 158 Å². The van der Waals surface area contributed by atoms with Crippen LogP contribution in [-0.4, -0.2) is 23.2 Å². The third-order valence-electron chi connectivity index (χ3n) is 4.22. The number of nitrogens with zero attached hydrogens (tertiary/aromatic N) is 2. The van der Waals surface area contributed by atoms with Crippen LogP contribution < -0.4 is 14.2 Å². The summed E-state index contributed by atoms with van der Waals surface area (Å²) < 4.78 is 30.5. The van der Waals surface area contributed by atoms with Crippen molar-refractivity contribution in [2.24, 2.45) is 0 Å². The van der Waals surface area contributed by atoms with Gasteiger partial charge in [0.25, 0.3) is 0 Å². The summed E-state index contributed by atoms with van der Waals surface area (Å²) in [5.41, 5.74) is 1.78. The minimum absolute atomic E-state index is 0.276. The maximum atomic E-state index is 13.3. The number of thiophene rings is 1. The average molecular weight is 380 g/mol. The van der Waals surface area contributed by atoms with Crippen molar-refractivity contribution in [1.82, 2.24) is 9.97 Å². The molecule has 0 amide bonds. The predicted molar refractivity (Wildman–Crippen MR) is 100 cm³/mol. The summed E-state index contributed by atoms with van der Waals surface area (Å²) in [5.74, 6) is 2.10. The Bertz CT molecular complexity index is 1130. The monoisotopic (exact) mass is 380 g/mol. The first-order chi connectivity index (χ1) is 13.3. The Morgan fingerprint density at radius 1 is 0.963 bits per heavy atom.